The van der Waals surface area contributed by atoms with E-state index in [0.717, 1.165) is 23.0 Å². The summed E-state index contributed by atoms with van der Waals surface area (Å²) < 4.78 is 22.1. The molecule has 0 spiro atoms. The van der Waals surface area contributed by atoms with Crippen molar-refractivity contribution in [1.82, 2.24) is 0 Å². The van der Waals surface area contributed by atoms with Gasteiger partial charge in [0.2, 0.25) is 0 Å². The third-order valence-corrected chi connectivity index (χ3v) is 23.7. The zero-order chi connectivity index (χ0) is 25.8. The van der Waals surface area contributed by atoms with Crippen molar-refractivity contribution in [2.45, 2.75) is 13.1 Å². The number of benzene rings is 4. The van der Waals surface area contributed by atoms with E-state index in [1.165, 1.54) is 20.7 Å². The van der Waals surface area contributed by atoms with Gasteiger partial charge in [-0.25, -0.2) is 0 Å². The number of rotatable bonds is 9. The topological polar surface area (TPSA) is 36.9 Å². The Morgan fingerprint density at radius 2 is 0.583 bits per heavy atom. The molecule has 0 heterocycles. The molecule has 0 radical (unpaired) electrons. The molecule has 0 amide bonds. The molecule has 0 saturated heterocycles. The first kappa shape index (κ1) is 25.6. The van der Waals surface area contributed by atoms with E-state index < -0.39 is 15.2 Å². The zero-order valence-electron chi connectivity index (χ0n) is 21.9. The fraction of sp³-hybridized carbons (Fsp3) is 0.200. The highest BCUT2D eigenvalue weighted by Crippen LogP contribution is 2.25. The lowest BCUT2D eigenvalue weighted by molar-refractivity contribution is 0.415. The lowest BCUT2D eigenvalue weighted by Crippen LogP contribution is -2.84. The summed E-state index contributed by atoms with van der Waals surface area (Å²) in [7, 11) is 2.01. The molecule has 0 unspecified atom stereocenters. The van der Waals surface area contributed by atoms with Crippen LogP contribution in [0.3, 0.4) is 0 Å². The molecule has 4 aromatic carbocycles. The Kier molecular flexibility index (Phi) is 7.57. The molecule has 4 rings (SSSR count). The van der Waals surface area contributed by atoms with Crippen molar-refractivity contribution in [3.63, 3.8) is 0 Å². The Balaban J connectivity index is 2.08. The van der Waals surface area contributed by atoms with Gasteiger partial charge in [0.15, 0.2) is 0 Å². The zero-order valence-corrected chi connectivity index (χ0v) is 23.9. The van der Waals surface area contributed by atoms with Gasteiger partial charge in [0, 0.05) is 0 Å². The van der Waals surface area contributed by atoms with Crippen LogP contribution in [0.4, 0.5) is 0 Å². The van der Waals surface area contributed by atoms with Gasteiger partial charge in [-0.2, -0.15) is 0 Å². The average molecular weight is 515 g/mol. The number of hydrogen-bond donors (Lipinski definition) is 0. The summed E-state index contributed by atoms with van der Waals surface area (Å²) in [5, 5.41) is 5.45. The molecule has 0 fully saturated rings. The van der Waals surface area contributed by atoms with Crippen LogP contribution in [0.15, 0.2) is 97.1 Å². The van der Waals surface area contributed by atoms with Crippen LogP contribution in [-0.4, -0.2) is 43.6 Å². The SMILES string of the molecule is COc1ccc([Si](C)(C)[Si](c2ccc(OC)cc2)(c2ccc(OC)cc2)c2ccc(OC)cc2)cc1. The second kappa shape index (κ2) is 10.6. The lowest BCUT2D eigenvalue weighted by atomic mass is 10.3. The van der Waals surface area contributed by atoms with Gasteiger partial charge in [0.1, 0.15) is 30.6 Å². The summed E-state index contributed by atoms with van der Waals surface area (Å²) in [5.74, 6) is 3.44. The maximum atomic E-state index is 5.53. The molecule has 36 heavy (non-hydrogen) atoms. The molecule has 0 saturated carbocycles. The summed E-state index contributed by atoms with van der Waals surface area (Å²) >= 11 is 0. The average Bonchev–Trinajstić information content (AvgIpc) is 2.94. The van der Waals surface area contributed by atoms with Gasteiger partial charge < -0.3 is 18.9 Å². The summed E-state index contributed by atoms with van der Waals surface area (Å²) in [5.41, 5.74) is 0. The normalized spacial score (nSPS) is 11.6. The third kappa shape index (κ3) is 4.42. The molecule has 0 atom stereocenters. The summed E-state index contributed by atoms with van der Waals surface area (Å²) in [6.07, 6.45) is 0. The Morgan fingerprint density at radius 3 is 0.806 bits per heavy atom. The maximum Gasteiger partial charge on any atom is 0.144 e. The quantitative estimate of drug-likeness (QED) is 0.251. The van der Waals surface area contributed by atoms with E-state index >= 15 is 0 Å². The van der Waals surface area contributed by atoms with Gasteiger partial charge in [-0.15, -0.1) is 0 Å². The Labute approximate surface area is 216 Å². The van der Waals surface area contributed by atoms with Crippen molar-refractivity contribution in [2.24, 2.45) is 0 Å². The van der Waals surface area contributed by atoms with Gasteiger partial charge in [0.05, 0.1) is 36.0 Å². The van der Waals surface area contributed by atoms with Gasteiger partial charge in [0.25, 0.3) is 0 Å². The second-order valence-electron chi connectivity index (χ2n) is 9.29. The third-order valence-electron chi connectivity index (χ3n) is 7.32. The lowest BCUT2D eigenvalue weighted by Gasteiger charge is -2.46. The summed E-state index contributed by atoms with van der Waals surface area (Å²) in [6, 6.07) is 34.8. The second-order valence-corrected chi connectivity index (χ2v) is 22.3. The van der Waals surface area contributed by atoms with Crippen LogP contribution < -0.4 is 39.7 Å². The minimum absolute atomic E-state index is 0.857. The minimum Gasteiger partial charge on any atom is -0.497 e. The highest BCUT2D eigenvalue weighted by atomic mass is 29.3. The van der Waals surface area contributed by atoms with Crippen LogP contribution in [-0.2, 0) is 0 Å². The van der Waals surface area contributed by atoms with Crippen LogP contribution in [0.5, 0.6) is 23.0 Å². The number of hydrogen-bond acceptors (Lipinski definition) is 4. The van der Waals surface area contributed by atoms with E-state index in [1.54, 1.807) is 28.4 Å². The van der Waals surface area contributed by atoms with Crippen LogP contribution in [0.2, 0.25) is 13.1 Å². The molecule has 0 aliphatic carbocycles. The van der Waals surface area contributed by atoms with E-state index in [-0.39, 0.29) is 0 Å². The van der Waals surface area contributed by atoms with Gasteiger partial charge >= 0.3 is 0 Å². The summed E-state index contributed by atoms with van der Waals surface area (Å²) in [4.78, 5) is 0. The Morgan fingerprint density at radius 1 is 0.361 bits per heavy atom. The van der Waals surface area contributed by atoms with Crippen LogP contribution in [0, 0.1) is 0 Å². The van der Waals surface area contributed by atoms with Crippen molar-refractivity contribution < 1.29 is 18.9 Å². The number of ether oxygens (including phenoxy) is 4. The van der Waals surface area contributed by atoms with Gasteiger partial charge in [-0.05, 0) is 48.5 Å². The molecular formula is C30H34O4Si2. The van der Waals surface area contributed by atoms with Crippen LogP contribution in [0.25, 0.3) is 0 Å². The largest absolute Gasteiger partial charge is 0.497 e. The molecule has 0 N–H and O–H groups in total. The van der Waals surface area contributed by atoms with Crippen molar-refractivity contribution in [3.8, 4) is 23.0 Å². The Hall–Kier alpha value is -3.49. The number of methoxy groups -OCH3 is 4. The molecule has 0 bridgehead atoms. The van der Waals surface area contributed by atoms with Gasteiger partial charge in [-0.3, -0.25) is 0 Å². The molecule has 186 valence electrons. The molecule has 0 aromatic heterocycles. The monoisotopic (exact) mass is 514 g/mol. The molecule has 0 aliphatic rings. The van der Waals surface area contributed by atoms with E-state index in [1.807, 2.05) is 0 Å². The Bertz CT molecular complexity index is 1150. The standard InChI is InChI=1S/C30H34O4Si2/c1-31-23-7-15-27(16-8-23)35(5,6)36(28-17-9-24(32-2)10-18-28,29-19-11-25(33-3)12-20-29)30-21-13-26(34-4)14-22-30/h7-22H,1-6H3. The predicted octanol–water partition coefficient (Wildman–Crippen LogP) is 3.89. The first-order chi connectivity index (χ1) is 17.4. The maximum absolute atomic E-state index is 5.53. The molecule has 0 aliphatic heterocycles. The van der Waals surface area contributed by atoms with Crippen LogP contribution in [0.1, 0.15) is 0 Å². The first-order valence-corrected chi connectivity index (χ1v) is 18.0. The fourth-order valence-corrected chi connectivity index (χ4v) is 21.7. The smallest absolute Gasteiger partial charge is 0.144 e. The van der Waals surface area contributed by atoms with E-state index in [9.17, 15) is 0 Å². The molecule has 6 heteroatoms. The highest BCUT2D eigenvalue weighted by molar-refractivity contribution is 7.59. The van der Waals surface area contributed by atoms with Crippen LogP contribution >= 0.6 is 0 Å². The summed E-state index contributed by atoms with van der Waals surface area (Å²) in [6.45, 7) is 5.00. The van der Waals surface area contributed by atoms with Crippen molar-refractivity contribution >= 4 is 35.9 Å². The molecule has 4 nitrogen and oxygen atoms in total. The van der Waals surface area contributed by atoms with Gasteiger partial charge in [-0.1, -0.05) is 82.4 Å². The highest BCUT2D eigenvalue weighted by Gasteiger charge is 2.54. The fourth-order valence-electron chi connectivity index (χ4n) is 5.33. The first-order valence-electron chi connectivity index (χ1n) is 12.0. The molecule has 4 aromatic rings. The van der Waals surface area contributed by atoms with Crippen molar-refractivity contribution in [2.75, 3.05) is 28.4 Å². The predicted molar refractivity (Wildman–Crippen MR) is 154 cm³/mol. The van der Waals surface area contributed by atoms with E-state index in [0.29, 0.717) is 0 Å². The molecular weight excluding hydrogens is 480 g/mol. The van der Waals surface area contributed by atoms with E-state index in [2.05, 4.69) is 110 Å². The van der Waals surface area contributed by atoms with E-state index in [4.69, 9.17) is 18.9 Å². The minimum atomic E-state index is -2.60. The van der Waals surface area contributed by atoms with Crippen molar-refractivity contribution in [1.29, 1.82) is 0 Å². The van der Waals surface area contributed by atoms with Crippen molar-refractivity contribution in [3.05, 3.63) is 97.1 Å².